The Kier molecular flexibility index (Phi) is 7.62. The van der Waals surface area contributed by atoms with Crippen molar-refractivity contribution in [2.45, 2.75) is 78.1 Å². The predicted molar refractivity (Wildman–Crippen MR) is 70.7 cm³/mol. The zero-order valence-corrected chi connectivity index (χ0v) is 12.0. The van der Waals surface area contributed by atoms with Crippen LogP contribution in [0.15, 0.2) is 0 Å². The van der Waals surface area contributed by atoms with Gasteiger partial charge in [0.15, 0.2) is 0 Å². The maximum absolute atomic E-state index is 2.42. The lowest BCUT2D eigenvalue weighted by molar-refractivity contribution is 0.547. The first-order chi connectivity index (χ1) is 6.60. The van der Waals surface area contributed by atoms with E-state index in [2.05, 4.69) is 34.6 Å². The van der Waals surface area contributed by atoms with E-state index in [0.29, 0.717) is 0 Å². The molecule has 0 saturated heterocycles. The third-order valence-electron chi connectivity index (χ3n) is 3.99. The molecule has 0 aromatic carbocycles. The van der Waals surface area contributed by atoms with Gasteiger partial charge in [-0.15, -0.1) is 0 Å². The monoisotopic (exact) mass is 214 g/mol. The Balaban J connectivity index is 3.71. The fourth-order valence-corrected chi connectivity index (χ4v) is 5.89. The molecule has 0 bridgehead atoms. The van der Waals surface area contributed by atoms with Crippen molar-refractivity contribution < 1.29 is 0 Å². The zero-order valence-electron chi connectivity index (χ0n) is 11.0. The highest BCUT2D eigenvalue weighted by Crippen LogP contribution is 2.27. The third-order valence-corrected chi connectivity index (χ3v) is 9.90. The zero-order chi connectivity index (χ0) is 11.0. The molecule has 0 unspecified atom stereocenters. The second-order valence-corrected chi connectivity index (χ2v) is 10.8. The maximum atomic E-state index is 2.42. The van der Waals surface area contributed by atoms with Gasteiger partial charge in [0.1, 0.15) is 0 Å². The summed E-state index contributed by atoms with van der Waals surface area (Å²) in [5, 5.41) is 0. The molecule has 0 aliphatic rings. The van der Waals surface area contributed by atoms with Crippen LogP contribution in [0.1, 0.15) is 53.9 Å². The van der Waals surface area contributed by atoms with E-state index in [4.69, 9.17) is 0 Å². The van der Waals surface area contributed by atoms with Gasteiger partial charge in [0, 0.05) is 0 Å². The van der Waals surface area contributed by atoms with Gasteiger partial charge in [0.2, 0.25) is 0 Å². The first-order valence-electron chi connectivity index (χ1n) is 6.60. The van der Waals surface area contributed by atoms with Crippen molar-refractivity contribution in [2.24, 2.45) is 5.92 Å². The second kappa shape index (κ2) is 7.50. The van der Waals surface area contributed by atoms with E-state index in [0.717, 1.165) is 5.92 Å². The smallest absolute Gasteiger partial charge is 0.0527 e. The highest BCUT2D eigenvalue weighted by molar-refractivity contribution is 6.79. The molecule has 14 heavy (non-hydrogen) atoms. The van der Waals surface area contributed by atoms with E-state index in [1.807, 2.05) is 0 Å². The van der Waals surface area contributed by atoms with Crippen molar-refractivity contribution in [3.63, 3.8) is 0 Å². The van der Waals surface area contributed by atoms with Gasteiger partial charge < -0.3 is 0 Å². The molecule has 0 fully saturated rings. The van der Waals surface area contributed by atoms with Crippen molar-refractivity contribution in [1.82, 2.24) is 0 Å². The number of hydrogen-bond acceptors (Lipinski definition) is 0. The van der Waals surface area contributed by atoms with Gasteiger partial charge >= 0.3 is 0 Å². The van der Waals surface area contributed by atoms with E-state index in [1.165, 1.54) is 37.4 Å². The van der Waals surface area contributed by atoms with Crippen LogP contribution in [-0.2, 0) is 0 Å². The van der Waals surface area contributed by atoms with Gasteiger partial charge in [-0.1, -0.05) is 78.1 Å². The molecular weight excluding hydrogens is 184 g/mol. The van der Waals surface area contributed by atoms with E-state index in [9.17, 15) is 0 Å². The van der Waals surface area contributed by atoms with Gasteiger partial charge in [0.05, 0.1) is 8.07 Å². The summed E-state index contributed by atoms with van der Waals surface area (Å²) in [5.41, 5.74) is 0. The van der Waals surface area contributed by atoms with Crippen LogP contribution < -0.4 is 0 Å². The van der Waals surface area contributed by atoms with Crippen LogP contribution in [-0.4, -0.2) is 8.07 Å². The second-order valence-electron chi connectivity index (χ2n) is 5.20. The molecule has 0 aromatic heterocycles. The minimum atomic E-state index is -0.789. The summed E-state index contributed by atoms with van der Waals surface area (Å²) in [7, 11) is -0.789. The first-order valence-corrected chi connectivity index (χ1v) is 9.43. The summed E-state index contributed by atoms with van der Waals surface area (Å²) >= 11 is 0. The quantitative estimate of drug-likeness (QED) is 0.379. The number of unbranched alkanes of at least 4 members (excludes halogenated alkanes) is 1. The SMILES string of the molecule is CC[Si](CC)(CC)CCCCC(C)C. The summed E-state index contributed by atoms with van der Waals surface area (Å²) in [6, 6.07) is 6.09. The standard InChI is InChI=1S/C13H30Si/c1-6-14(7-2,8-3)12-10-9-11-13(4)5/h13H,6-12H2,1-5H3. The average Bonchev–Trinajstić information content (AvgIpc) is 2.19. The van der Waals surface area contributed by atoms with Crippen LogP contribution in [0.4, 0.5) is 0 Å². The first kappa shape index (κ1) is 14.2. The van der Waals surface area contributed by atoms with Gasteiger partial charge in [-0.3, -0.25) is 0 Å². The topological polar surface area (TPSA) is 0 Å². The Morgan fingerprint density at radius 1 is 0.857 bits per heavy atom. The summed E-state index contributed by atoms with van der Waals surface area (Å²) in [6.45, 7) is 11.9. The molecule has 0 heterocycles. The summed E-state index contributed by atoms with van der Waals surface area (Å²) in [6.07, 6.45) is 4.40. The molecule has 0 nitrogen and oxygen atoms in total. The van der Waals surface area contributed by atoms with Crippen molar-refractivity contribution in [2.75, 3.05) is 0 Å². The Morgan fingerprint density at radius 3 is 1.71 bits per heavy atom. The molecule has 0 aliphatic carbocycles. The third kappa shape index (κ3) is 5.19. The van der Waals surface area contributed by atoms with E-state index < -0.39 is 8.07 Å². The maximum Gasteiger partial charge on any atom is 0.0527 e. The van der Waals surface area contributed by atoms with Crippen molar-refractivity contribution in [3.05, 3.63) is 0 Å². The Bertz CT molecular complexity index is 117. The lowest BCUT2D eigenvalue weighted by atomic mass is 10.1. The Morgan fingerprint density at radius 2 is 1.36 bits per heavy atom. The van der Waals surface area contributed by atoms with Gasteiger partial charge in [-0.2, -0.15) is 0 Å². The van der Waals surface area contributed by atoms with E-state index in [-0.39, 0.29) is 0 Å². The summed E-state index contributed by atoms with van der Waals surface area (Å²) < 4.78 is 0. The molecule has 0 rings (SSSR count). The van der Waals surface area contributed by atoms with Crippen LogP contribution >= 0.6 is 0 Å². The number of hydrogen-bond donors (Lipinski definition) is 0. The summed E-state index contributed by atoms with van der Waals surface area (Å²) in [5.74, 6) is 0.899. The average molecular weight is 214 g/mol. The fourth-order valence-electron chi connectivity index (χ4n) is 2.33. The van der Waals surface area contributed by atoms with Gasteiger partial charge in [0.25, 0.3) is 0 Å². The van der Waals surface area contributed by atoms with Crippen LogP contribution in [0.5, 0.6) is 0 Å². The van der Waals surface area contributed by atoms with Crippen LogP contribution in [0.2, 0.25) is 24.2 Å². The van der Waals surface area contributed by atoms with Crippen LogP contribution in [0, 0.1) is 5.92 Å². The molecule has 0 spiro atoms. The molecule has 0 radical (unpaired) electrons. The molecule has 0 N–H and O–H groups in total. The highest BCUT2D eigenvalue weighted by Gasteiger charge is 2.25. The normalized spacial score (nSPS) is 12.4. The predicted octanol–water partition coefficient (Wildman–Crippen LogP) is 5.32. The minimum Gasteiger partial charge on any atom is -0.0678 e. The fraction of sp³-hybridized carbons (Fsp3) is 1.00. The molecule has 0 atom stereocenters. The van der Waals surface area contributed by atoms with Crippen LogP contribution in [0.3, 0.4) is 0 Å². The number of rotatable bonds is 8. The van der Waals surface area contributed by atoms with E-state index in [1.54, 1.807) is 6.04 Å². The Hall–Kier alpha value is 0.217. The van der Waals surface area contributed by atoms with Crippen molar-refractivity contribution in [3.8, 4) is 0 Å². The highest BCUT2D eigenvalue weighted by atomic mass is 28.3. The Labute approximate surface area is 92.5 Å². The summed E-state index contributed by atoms with van der Waals surface area (Å²) in [4.78, 5) is 0. The molecule has 0 amide bonds. The lowest BCUT2D eigenvalue weighted by Crippen LogP contribution is -2.30. The van der Waals surface area contributed by atoms with E-state index >= 15 is 0 Å². The minimum absolute atomic E-state index is 0.789. The largest absolute Gasteiger partial charge is 0.0678 e. The molecule has 86 valence electrons. The van der Waals surface area contributed by atoms with Gasteiger partial charge in [-0.25, -0.2) is 0 Å². The molecule has 0 aliphatic heterocycles. The van der Waals surface area contributed by atoms with Crippen molar-refractivity contribution >= 4 is 8.07 Å². The molecule has 1 heteroatoms. The van der Waals surface area contributed by atoms with Crippen LogP contribution in [0.25, 0.3) is 0 Å². The van der Waals surface area contributed by atoms with Gasteiger partial charge in [-0.05, 0) is 5.92 Å². The molecular formula is C13H30Si. The van der Waals surface area contributed by atoms with Crippen molar-refractivity contribution in [1.29, 1.82) is 0 Å². The lowest BCUT2D eigenvalue weighted by Gasteiger charge is -2.28. The molecule has 0 saturated carbocycles. The molecule has 0 aromatic rings.